The summed E-state index contributed by atoms with van der Waals surface area (Å²) in [7, 11) is -2.57. The summed E-state index contributed by atoms with van der Waals surface area (Å²) in [6.45, 7) is 0.119. The van der Waals surface area contributed by atoms with Crippen LogP contribution in [-0.2, 0) is 14.8 Å². The minimum absolute atomic E-state index is 0.00629. The molecule has 0 fully saturated rings. The van der Waals surface area contributed by atoms with Gasteiger partial charge in [0.25, 0.3) is 0 Å². The van der Waals surface area contributed by atoms with Crippen LogP contribution in [0, 0.1) is 12.3 Å². The molecule has 0 aliphatic rings. The smallest absolute Gasteiger partial charge is 0.339 e. The van der Waals surface area contributed by atoms with Crippen LogP contribution in [0.15, 0.2) is 29.2 Å². The summed E-state index contributed by atoms with van der Waals surface area (Å²) in [5.74, 6) is 1.62. The lowest BCUT2D eigenvalue weighted by molar-refractivity contribution is 0.0596. The highest BCUT2D eigenvalue weighted by atomic mass is 32.2. The Morgan fingerprint density at radius 1 is 1.44 bits per heavy atom. The van der Waals surface area contributed by atoms with Gasteiger partial charge in [-0.2, -0.15) is 0 Å². The molecule has 0 atom stereocenters. The van der Waals surface area contributed by atoms with Crippen molar-refractivity contribution in [2.75, 3.05) is 13.7 Å². The molecule has 0 aliphatic heterocycles. The molecule has 0 unspecified atom stereocenters. The lowest BCUT2D eigenvalue weighted by Gasteiger charge is -2.09. The zero-order chi connectivity index (χ0) is 13.6. The van der Waals surface area contributed by atoms with Crippen molar-refractivity contribution in [3.63, 3.8) is 0 Å². The average Bonchev–Trinajstić information content (AvgIpc) is 2.38. The summed E-state index contributed by atoms with van der Waals surface area (Å²) in [5.41, 5.74) is -0.00629. The van der Waals surface area contributed by atoms with Gasteiger partial charge in [0.15, 0.2) is 0 Å². The predicted octanol–water partition coefficient (Wildman–Crippen LogP) is 0.775. The highest BCUT2D eigenvalue weighted by molar-refractivity contribution is 7.89. The molecule has 18 heavy (non-hydrogen) atoms. The number of rotatable bonds is 5. The van der Waals surface area contributed by atoms with Crippen molar-refractivity contribution in [1.29, 1.82) is 0 Å². The van der Waals surface area contributed by atoms with E-state index in [1.165, 1.54) is 25.3 Å². The summed E-state index contributed by atoms with van der Waals surface area (Å²) in [6, 6.07) is 5.82. The summed E-state index contributed by atoms with van der Waals surface area (Å²) in [5, 5.41) is 0. The molecule has 0 amide bonds. The van der Waals surface area contributed by atoms with Crippen LogP contribution >= 0.6 is 0 Å². The molecule has 0 bridgehead atoms. The third-order valence-corrected chi connectivity index (χ3v) is 3.66. The number of ether oxygens (including phenoxy) is 1. The fourth-order valence-corrected chi connectivity index (χ4v) is 2.54. The molecular formula is C12H13NO4S. The summed E-state index contributed by atoms with van der Waals surface area (Å²) >= 11 is 0. The Balaban J connectivity index is 3.09. The number of hydrogen-bond donors (Lipinski definition) is 1. The van der Waals surface area contributed by atoms with E-state index in [1.54, 1.807) is 6.07 Å². The number of hydrogen-bond acceptors (Lipinski definition) is 4. The maximum atomic E-state index is 12.0. The van der Waals surface area contributed by atoms with Crippen molar-refractivity contribution < 1.29 is 17.9 Å². The van der Waals surface area contributed by atoms with Gasteiger partial charge in [-0.25, -0.2) is 17.9 Å². The van der Waals surface area contributed by atoms with Crippen molar-refractivity contribution in [3.05, 3.63) is 29.8 Å². The third-order valence-electron chi connectivity index (χ3n) is 2.14. The first-order valence-corrected chi connectivity index (χ1v) is 6.61. The van der Waals surface area contributed by atoms with E-state index in [0.717, 1.165) is 0 Å². The molecule has 1 N–H and O–H groups in total. The van der Waals surface area contributed by atoms with E-state index < -0.39 is 16.0 Å². The normalized spacial score (nSPS) is 10.7. The molecule has 5 nitrogen and oxygen atoms in total. The topological polar surface area (TPSA) is 72.5 Å². The SMILES string of the molecule is C#CCCNS(=O)(=O)c1ccccc1C(=O)OC. The summed E-state index contributed by atoms with van der Waals surface area (Å²) < 4.78 is 30.8. The van der Waals surface area contributed by atoms with Gasteiger partial charge in [-0.05, 0) is 12.1 Å². The highest BCUT2D eigenvalue weighted by Gasteiger charge is 2.21. The van der Waals surface area contributed by atoms with E-state index in [2.05, 4.69) is 15.4 Å². The van der Waals surface area contributed by atoms with Crippen molar-refractivity contribution in [1.82, 2.24) is 4.72 Å². The Morgan fingerprint density at radius 3 is 2.72 bits per heavy atom. The molecule has 0 heterocycles. The van der Waals surface area contributed by atoms with Crippen LogP contribution in [-0.4, -0.2) is 28.0 Å². The Bertz CT molecular complexity index is 572. The standard InChI is InChI=1S/C12H13NO4S/c1-3-4-9-13-18(15,16)11-8-6-5-7-10(11)12(14)17-2/h1,5-8,13H,4,9H2,2H3. The number of carbonyl (C=O) groups is 1. The molecule has 6 heteroatoms. The van der Waals surface area contributed by atoms with Crippen LogP contribution in [0.25, 0.3) is 0 Å². The Kier molecular flexibility index (Phi) is 4.89. The molecule has 1 rings (SSSR count). The first-order valence-electron chi connectivity index (χ1n) is 5.13. The largest absolute Gasteiger partial charge is 0.465 e. The quantitative estimate of drug-likeness (QED) is 0.486. The van der Waals surface area contributed by atoms with Crippen LogP contribution in [0.4, 0.5) is 0 Å². The molecular weight excluding hydrogens is 254 g/mol. The van der Waals surface area contributed by atoms with Crippen LogP contribution in [0.2, 0.25) is 0 Å². The molecule has 0 aromatic heterocycles. The van der Waals surface area contributed by atoms with E-state index in [9.17, 15) is 13.2 Å². The summed E-state index contributed by atoms with van der Waals surface area (Å²) in [6.07, 6.45) is 5.31. The van der Waals surface area contributed by atoms with Crippen LogP contribution in [0.5, 0.6) is 0 Å². The minimum Gasteiger partial charge on any atom is -0.465 e. The highest BCUT2D eigenvalue weighted by Crippen LogP contribution is 2.16. The van der Waals surface area contributed by atoms with E-state index in [-0.39, 0.29) is 23.4 Å². The van der Waals surface area contributed by atoms with E-state index >= 15 is 0 Å². The average molecular weight is 267 g/mol. The zero-order valence-corrected chi connectivity index (χ0v) is 10.7. The van der Waals surface area contributed by atoms with Crippen LogP contribution < -0.4 is 4.72 Å². The van der Waals surface area contributed by atoms with Gasteiger partial charge in [-0.3, -0.25) is 0 Å². The second-order valence-corrected chi connectivity index (χ2v) is 5.08. The second-order valence-electron chi connectivity index (χ2n) is 3.34. The Morgan fingerprint density at radius 2 is 2.11 bits per heavy atom. The molecule has 0 saturated carbocycles. The summed E-state index contributed by atoms with van der Waals surface area (Å²) in [4.78, 5) is 11.3. The maximum absolute atomic E-state index is 12.0. The van der Waals surface area contributed by atoms with Gasteiger partial charge in [0.05, 0.1) is 17.6 Å². The van der Waals surface area contributed by atoms with Crippen LogP contribution in [0.1, 0.15) is 16.8 Å². The Labute approximate surface area is 106 Å². The first kappa shape index (κ1) is 14.2. The van der Waals surface area contributed by atoms with Gasteiger partial charge in [0, 0.05) is 13.0 Å². The lowest BCUT2D eigenvalue weighted by Crippen LogP contribution is -2.26. The number of benzene rings is 1. The number of sulfonamides is 1. The van der Waals surface area contributed by atoms with Crippen LogP contribution in [0.3, 0.4) is 0 Å². The molecule has 0 saturated heterocycles. The number of esters is 1. The minimum atomic E-state index is -3.76. The van der Waals surface area contributed by atoms with Crippen molar-refractivity contribution in [3.8, 4) is 12.3 Å². The predicted molar refractivity (Wildman–Crippen MR) is 66.4 cm³/mol. The van der Waals surface area contributed by atoms with Crippen molar-refractivity contribution >= 4 is 16.0 Å². The van der Waals surface area contributed by atoms with Gasteiger partial charge >= 0.3 is 5.97 Å². The lowest BCUT2D eigenvalue weighted by atomic mass is 10.2. The monoisotopic (exact) mass is 267 g/mol. The van der Waals surface area contributed by atoms with Gasteiger partial charge in [-0.15, -0.1) is 12.3 Å². The molecule has 1 aromatic carbocycles. The third kappa shape index (κ3) is 3.32. The molecule has 0 aliphatic carbocycles. The van der Waals surface area contributed by atoms with Crippen molar-refractivity contribution in [2.45, 2.75) is 11.3 Å². The Hall–Kier alpha value is -1.84. The number of methoxy groups -OCH3 is 1. The molecule has 96 valence electrons. The van der Waals surface area contributed by atoms with Gasteiger partial charge in [0.1, 0.15) is 0 Å². The molecule has 1 aromatic rings. The number of terminal acetylenes is 1. The van der Waals surface area contributed by atoms with Gasteiger partial charge in [-0.1, -0.05) is 12.1 Å². The van der Waals surface area contributed by atoms with Gasteiger partial charge < -0.3 is 4.74 Å². The van der Waals surface area contributed by atoms with E-state index in [0.29, 0.717) is 0 Å². The second kappa shape index (κ2) is 6.19. The fraction of sp³-hybridized carbons (Fsp3) is 0.250. The zero-order valence-electron chi connectivity index (χ0n) is 9.84. The van der Waals surface area contributed by atoms with E-state index in [4.69, 9.17) is 6.42 Å². The number of carbonyl (C=O) groups excluding carboxylic acids is 1. The molecule has 0 spiro atoms. The van der Waals surface area contributed by atoms with E-state index in [1.807, 2.05) is 0 Å². The maximum Gasteiger partial charge on any atom is 0.339 e. The fourth-order valence-electron chi connectivity index (χ4n) is 1.31. The number of nitrogens with one attached hydrogen (secondary N) is 1. The van der Waals surface area contributed by atoms with Gasteiger partial charge in [0.2, 0.25) is 10.0 Å². The molecule has 0 radical (unpaired) electrons. The van der Waals surface area contributed by atoms with Crippen molar-refractivity contribution in [2.24, 2.45) is 0 Å². The first-order chi connectivity index (χ1) is 8.53.